The molecular weight excluding hydrogens is 204 g/mol. The summed E-state index contributed by atoms with van der Waals surface area (Å²) in [6.07, 6.45) is -1.90. The van der Waals surface area contributed by atoms with Crippen molar-refractivity contribution in [3.05, 3.63) is 0 Å². The molecule has 0 heterocycles. The number of alkyl halides is 2. The van der Waals surface area contributed by atoms with Crippen LogP contribution in [0.5, 0.6) is 0 Å². The van der Waals surface area contributed by atoms with Crippen molar-refractivity contribution >= 4 is 6.09 Å². The number of rotatable bonds is 2. The van der Waals surface area contributed by atoms with Gasteiger partial charge in [-0.25, -0.2) is 13.6 Å². The summed E-state index contributed by atoms with van der Waals surface area (Å²) in [5.41, 5.74) is -0.589. The van der Waals surface area contributed by atoms with Crippen LogP contribution in [-0.4, -0.2) is 24.2 Å². The molecule has 0 radical (unpaired) electrons. The molecule has 2 atom stereocenters. The predicted octanol–water partition coefficient (Wildman–Crippen LogP) is 2.55. The maximum Gasteiger partial charge on any atom is 0.407 e. The molecule has 0 bridgehead atoms. The summed E-state index contributed by atoms with van der Waals surface area (Å²) < 4.78 is 29.6. The highest BCUT2D eigenvalue weighted by Gasteiger charge is 2.39. The second-order valence-corrected chi connectivity index (χ2v) is 4.83. The molecule has 1 aliphatic carbocycles. The first-order chi connectivity index (χ1) is 6.79. The van der Waals surface area contributed by atoms with Gasteiger partial charge in [-0.15, -0.1) is 0 Å². The highest BCUT2D eigenvalue weighted by molar-refractivity contribution is 5.68. The molecule has 1 fully saturated rings. The Balaban J connectivity index is 2.33. The monoisotopic (exact) mass is 221 g/mol. The maximum atomic E-state index is 12.3. The number of halogens is 2. The minimum Gasteiger partial charge on any atom is -0.444 e. The summed E-state index contributed by atoms with van der Waals surface area (Å²) in [5, 5.41) is 2.46. The van der Waals surface area contributed by atoms with Crippen molar-refractivity contribution in [3.63, 3.8) is 0 Å². The fourth-order valence-corrected chi connectivity index (χ4v) is 1.47. The highest BCUT2D eigenvalue weighted by atomic mass is 19.3. The molecule has 0 unspecified atom stereocenters. The SMILES string of the molecule is CC(C)(C)OC(=O)N[C@H]1CC[C@@H]1C(F)F. The number of ether oxygens (including phenoxy) is 1. The molecule has 1 amide bonds. The predicted molar refractivity (Wildman–Crippen MR) is 51.9 cm³/mol. The molecule has 3 nitrogen and oxygen atoms in total. The van der Waals surface area contributed by atoms with Crippen LogP contribution in [-0.2, 0) is 4.74 Å². The van der Waals surface area contributed by atoms with Crippen LogP contribution < -0.4 is 5.32 Å². The lowest BCUT2D eigenvalue weighted by Gasteiger charge is -2.36. The van der Waals surface area contributed by atoms with Gasteiger partial charge in [0.25, 0.3) is 0 Å². The van der Waals surface area contributed by atoms with Gasteiger partial charge in [0.05, 0.1) is 0 Å². The standard InChI is InChI=1S/C10H17F2NO2/c1-10(2,3)15-9(14)13-7-5-4-6(7)8(11)12/h6-8H,4-5H2,1-3H3,(H,13,14)/t6-,7-/m0/s1. The lowest BCUT2D eigenvalue weighted by Crippen LogP contribution is -2.50. The van der Waals surface area contributed by atoms with Crippen LogP contribution in [0.15, 0.2) is 0 Å². The lowest BCUT2D eigenvalue weighted by atomic mass is 9.80. The summed E-state index contributed by atoms with van der Waals surface area (Å²) >= 11 is 0. The van der Waals surface area contributed by atoms with Crippen molar-refractivity contribution in [2.24, 2.45) is 5.92 Å². The van der Waals surface area contributed by atoms with Crippen LogP contribution in [0, 0.1) is 5.92 Å². The molecule has 1 N–H and O–H groups in total. The largest absolute Gasteiger partial charge is 0.444 e. The third-order valence-corrected chi connectivity index (χ3v) is 2.35. The first kappa shape index (κ1) is 12.2. The van der Waals surface area contributed by atoms with E-state index >= 15 is 0 Å². The Morgan fingerprint density at radius 2 is 2.00 bits per heavy atom. The van der Waals surface area contributed by atoms with Crippen LogP contribution in [0.2, 0.25) is 0 Å². The van der Waals surface area contributed by atoms with Gasteiger partial charge in [-0.2, -0.15) is 0 Å². The average Bonchev–Trinajstić information content (AvgIpc) is 1.93. The first-order valence-corrected chi connectivity index (χ1v) is 5.07. The molecule has 15 heavy (non-hydrogen) atoms. The average molecular weight is 221 g/mol. The number of alkyl carbamates (subject to hydrolysis) is 1. The fourth-order valence-electron chi connectivity index (χ4n) is 1.47. The van der Waals surface area contributed by atoms with E-state index in [4.69, 9.17) is 4.74 Å². The number of carbonyl (C=O) groups is 1. The number of amides is 1. The zero-order valence-electron chi connectivity index (χ0n) is 9.22. The van der Waals surface area contributed by atoms with Crippen molar-refractivity contribution in [3.8, 4) is 0 Å². The summed E-state index contributed by atoms with van der Waals surface area (Å²) in [6, 6.07) is -0.431. The second kappa shape index (κ2) is 4.33. The summed E-state index contributed by atoms with van der Waals surface area (Å²) in [4.78, 5) is 11.3. The van der Waals surface area contributed by atoms with E-state index in [-0.39, 0.29) is 0 Å². The smallest absolute Gasteiger partial charge is 0.407 e. The number of hydrogen-bond donors (Lipinski definition) is 1. The zero-order chi connectivity index (χ0) is 11.6. The van der Waals surface area contributed by atoms with Gasteiger partial charge in [0.1, 0.15) is 5.60 Å². The van der Waals surface area contributed by atoms with Crippen LogP contribution in [0.25, 0.3) is 0 Å². The molecule has 0 aromatic heterocycles. The maximum absolute atomic E-state index is 12.3. The molecule has 0 saturated heterocycles. The number of hydrogen-bond acceptors (Lipinski definition) is 2. The molecule has 1 saturated carbocycles. The van der Waals surface area contributed by atoms with Gasteiger partial charge in [-0.05, 0) is 33.6 Å². The third kappa shape index (κ3) is 3.64. The molecule has 5 heteroatoms. The molecular formula is C10H17F2NO2. The van der Waals surface area contributed by atoms with Crippen LogP contribution in [0.3, 0.4) is 0 Å². The molecule has 0 aliphatic heterocycles. The van der Waals surface area contributed by atoms with Gasteiger partial charge < -0.3 is 10.1 Å². The Labute approximate surface area is 88.2 Å². The van der Waals surface area contributed by atoms with Crippen LogP contribution >= 0.6 is 0 Å². The minimum atomic E-state index is -2.36. The Bertz CT molecular complexity index is 238. The van der Waals surface area contributed by atoms with Crippen molar-refractivity contribution in [2.45, 2.75) is 51.7 Å². The van der Waals surface area contributed by atoms with Crippen LogP contribution in [0.1, 0.15) is 33.6 Å². The third-order valence-electron chi connectivity index (χ3n) is 2.35. The van der Waals surface area contributed by atoms with Crippen molar-refractivity contribution in [1.82, 2.24) is 5.32 Å². The van der Waals surface area contributed by atoms with Gasteiger partial charge in [-0.3, -0.25) is 0 Å². The topological polar surface area (TPSA) is 38.3 Å². The van der Waals surface area contributed by atoms with E-state index in [1.807, 2.05) is 0 Å². The summed E-state index contributed by atoms with van der Waals surface area (Å²) in [6.45, 7) is 5.20. The van der Waals surface area contributed by atoms with Gasteiger partial charge in [0, 0.05) is 12.0 Å². The van der Waals surface area contributed by atoms with Gasteiger partial charge in [0.15, 0.2) is 0 Å². The Kier molecular flexibility index (Phi) is 3.52. The van der Waals surface area contributed by atoms with Crippen molar-refractivity contribution < 1.29 is 18.3 Å². The fraction of sp³-hybridized carbons (Fsp3) is 0.900. The second-order valence-electron chi connectivity index (χ2n) is 4.83. The molecule has 0 spiro atoms. The Morgan fingerprint density at radius 3 is 2.33 bits per heavy atom. The highest BCUT2D eigenvalue weighted by Crippen LogP contribution is 2.32. The van der Waals surface area contributed by atoms with E-state index in [0.717, 1.165) is 0 Å². The Hall–Kier alpha value is -0.870. The molecule has 0 aromatic rings. The van der Waals surface area contributed by atoms with E-state index in [1.165, 1.54) is 0 Å². The Morgan fingerprint density at radius 1 is 1.40 bits per heavy atom. The van der Waals surface area contributed by atoms with Crippen molar-refractivity contribution in [1.29, 1.82) is 0 Å². The minimum absolute atomic E-state index is 0.431. The zero-order valence-corrected chi connectivity index (χ0v) is 9.22. The first-order valence-electron chi connectivity index (χ1n) is 5.07. The van der Waals surface area contributed by atoms with E-state index in [0.29, 0.717) is 12.8 Å². The number of carbonyl (C=O) groups excluding carboxylic acids is 1. The normalized spacial score (nSPS) is 26.0. The lowest BCUT2D eigenvalue weighted by molar-refractivity contribution is -0.00116. The van der Waals surface area contributed by atoms with Gasteiger partial charge >= 0.3 is 6.09 Å². The quantitative estimate of drug-likeness (QED) is 0.778. The van der Waals surface area contributed by atoms with Crippen molar-refractivity contribution in [2.75, 3.05) is 0 Å². The van der Waals surface area contributed by atoms with E-state index in [9.17, 15) is 13.6 Å². The van der Waals surface area contributed by atoms with Crippen LogP contribution in [0.4, 0.5) is 13.6 Å². The summed E-state index contributed by atoms with van der Waals surface area (Å²) in [5.74, 6) is -0.711. The molecule has 88 valence electrons. The van der Waals surface area contributed by atoms with E-state index < -0.39 is 30.1 Å². The van der Waals surface area contributed by atoms with E-state index in [1.54, 1.807) is 20.8 Å². The molecule has 1 aliphatic rings. The van der Waals surface area contributed by atoms with E-state index in [2.05, 4.69) is 5.32 Å². The van der Waals surface area contributed by atoms with Gasteiger partial charge in [0.2, 0.25) is 6.43 Å². The van der Waals surface area contributed by atoms with Gasteiger partial charge in [-0.1, -0.05) is 0 Å². The number of nitrogens with one attached hydrogen (secondary N) is 1. The molecule has 0 aromatic carbocycles. The molecule has 1 rings (SSSR count). The summed E-state index contributed by atoms with van der Waals surface area (Å²) in [7, 11) is 0.